The fourth-order valence-electron chi connectivity index (χ4n) is 3.35. The van der Waals surface area contributed by atoms with Crippen molar-refractivity contribution in [3.05, 3.63) is 58.7 Å². The largest absolute Gasteiger partial charge is 0.493 e. The van der Waals surface area contributed by atoms with Crippen LogP contribution in [0.3, 0.4) is 0 Å². The molecule has 0 radical (unpaired) electrons. The summed E-state index contributed by atoms with van der Waals surface area (Å²) in [5.74, 6) is 0.803. The number of hydrogen-bond donors (Lipinski definition) is 1. The second kappa shape index (κ2) is 13.2. The number of amides is 1. The molecule has 1 amide bonds. The Balaban J connectivity index is 2.03. The summed E-state index contributed by atoms with van der Waals surface area (Å²) in [6.07, 6.45) is 8.76. The molecule has 0 bridgehead atoms. The topological polar surface area (TPSA) is 71.3 Å². The fourth-order valence-corrected chi connectivity index (χ4v) is 3.35. The highest BCUT2D eigenvalue weighted by atomic mass is 16.5. The van der Waals surface area contributed by atoms with Crippen molar-refractivity contribution in [2.45, 2.75) is 59.3 Å². The zero-order chi connectivity index (χ0) is 23.3. The fraction of sp³-hybridized carbons (Fsp3) is 0.407. The Bertz CT molecular complexity index is 973. The van der Waals surface area contributed by atoms with Crippen molar-refractivity contribution in [1.82, 2.24) is 0 Å². The predicted octanol–water partition coefficient (Wildman–Crippen LogP) is 6.60. The van der Waals surface area contributed by atoms with Crippen LogP contribution in [0, 0.1) is 25.2 Å². The molecule has 5 nitrogen and oxygen atoms in total. The smallest absolute Gasteiger partial charge is 0.266 e. The maximum Gasteiger partial charge on any atom is 0.266 e. The minimum atomic E-state index is -0.441. The van der Waals surface area contributed by atoms with Gasteiger partial charge < -0.3 is 14.8 Å². The molecule has 0 atom stereocenters. The van der Waals surface area contributed by atoms with Crippen molar-refractivity contribution < 1.29 is 14.3 Å². The Morgan fingerprint density at radius 2 is 1.81 bits per heavy atom. The highest BCUT2D eigenvalue weighted by molar-refractivity contribution is 6.10. The number of aryl methyl sites for hydroxylation is 1. The average Bonchev–Trinajstić information content (AvgIpc) is 2.80. The molecule has 0 saturated heterocycles. The molecule has 170 valence electrons. The maximum atomic E-state index is 12.6. The molecular formula is C27H34N2O3. The molecule has 5 heteroatoms. The summed E-state index contributed by atoms with van der Waals surface area (Å²) in [4.78, 5) is 12.6. The average molecular weight is 435 g/mol. The van der Waals surface area contributed by atoms with E-state index in [0.717, 1.165) is 24.0 Å². The number of carbonyl (C=O) groups is 1. The van der Waals surface area contributed by atoms with Gasteiger partial charge in [0, 0.05) is 5.69 Å². The van der Waals surface area contributed by atoms with E-state index in [1.54, 1.807) is 19.3 Å². The number of hydrogen-bond acceptors (Lipinski definition) is 4. The van der Waals surface area contributed by atoms with E-state index in [9.17, 15) is 10.1 Å². The van der Waals surface area contributed by atoms with Gasteiger partial charge in [-0.3, -0.25) is 4.79 Å². The summed E-state index contributed by atoms with van der Waals surface area (Å²) in [5, 5.41) is 12.4. The molecule has 0 aliphatic heterocycles. The Morgan fingerprint density at radius 1 is 1.06 bits per heavy atom. The van der Waals surface area contributed by atoms with Gasteiger partial charge in [-0.15, -0.1) is 0 Å². The molecule has 0 aliphatic carbocycles. The summed E-state index contributed by atoms with van der Waals surface area (Å²) in [5.41, 5.74) is 3.47. The number of nitriles is 1. The van der Waals surface area contributed by atoms with Crippen molar-refractivity contribution in [2.75, 3.05) is 19.0 Å². The van der Waals surface area contributed by atoms with Crippen molar-refractivity contribution in [2.24, 2.45) is 0 Å². The van der Waals surface area contributed by atoms with E-state index < -0.39 is 5.91 Å². The minimum absolute atomic E-state index is 0.0220. The first-order valence-electron chi connectivity index (χ1n) is 11.3. The molecule has 0 aromatic heterocycles. The molecular weight excluding hydrogens is 400 g/mol. The zero-order valence-corrected chi connectivity index (χ0v) is 19.7. The van der Waals surface area contributed by atoms with Gasteiger partial charge in [-0.25, -0.2) is 0 Å². The SMILES string of the molecule is CCCCCCCCOc1ccc(/C=C(/C#N)C(=O)Nc2cccc(C)c2C)cc1OC. The van der Waals surface area contributed by atoms with Crippen molar-refractivity contribution >= 4 is 17.7 Å². The molecule has 0 spiro atoms. The number of rotatable bonds is 12. The lowest BCUT2D eigenvalue weighted by atomic mass is 10.1. The highest BCUT2D eigenvalue weighted by Crippen LogP contribution is 2.29. The van der Waals surface area contributed by atoms with Gasteiger partial charge in [0.1, 0.15) is 11.6 Å². The Morgan fingerprint density at radius 3 is 2.53 bits per heavy atom. The van der Waals surface area contributed by atoms with Gasteiger partial charge >= 0.3 is 0 Å². The Labute approximate surface area is 192 Å². The lowest BCUT2D eigenvalue weighted by Gasteiger charge is -2.12. The second-order valence-corrected chi connectivity index (χ2v) is 7.90. The van der Waals surface area contributed by atoms with E-state index in [2.05, 4.69) is 12.2 Å². The van der Waals surface area contributed by atoms with Crippen molar-refractivity contribution in [3.8, 4) is 17.6 Å². The van der Waals surface area contributed by atoms with E-state index in [0.29, 0.717) is 29.4 Å². The number of anilines is 1. The van der Waals surface area contributed by atoms with Crippen LogP contribution in [0.5, 0.6) is 11.5 Å². The summed E-state index contributed by atoms with van der Waals surface area (Å²) in [7, 11) is 1.58. The molecule has 0 saturated carbocycles. The predicted molar refractivity (Wildman–Crippen MR) is 130 cm³/mol. The molecule has 0 aliphatic rings. The van der Waals surface area contributed by atoms with Crippen LogP contribution >= 0.6 is 0 Å². The quantitative estimate of drug-likeness (QED) is 0.232. The van der Waals surface area contributed by atoms with E-state index >= 15 is 0 Å². The Hall–Kier alpha value is -3.26. The number of benzene rings is 2. The van der Waals surface area contributed by atoms with Crippen LogP contribution in [-0.4, -0.2) is 19.6 Å². The molecule has 2 aromatic carbocycles. The number of unbranched alkanes of at least 4 members (excludes halogenated alkanes) is 5. The highest BCUT2D eigenvalue weighted by Gasteiger charge is 2.13. The standard InChI is InChI=1S/C27H34N2O3/c1-5-6-7-8-9-10-16-32-25-15-14-22(18-26(25)31-4)17-23(19-28)27(30)29-24-13-11-12-20(2)21(24)3/h11-15,17-18H,5-10,16H2,1-4H3,(H,29,30)/b23-17-. The number of methoxy groups -OCH3 is 1. The van der Waals surface area contributed by atoms with Gasteiger partial charge in [-0.1, -0.05) is 57.2 Å². The first kappa shape index (κ1) is 25.0. The Kier molecular flexibility index (Phi) is 10.3. The summed E-state index contributed by atoms with van der Waals surface area (Å²) in [6.45, 7) is 6.77. The van der Waals surface area contributed by atoms with Gasteiger partial charge in [0.2, 0.25) is 0 Å². The normalized spacial score (nSPS) is 11.0. The molecule has 0 unspecified atom stereocenters. The van der Waals surface area contributed by atoms with Crippen LogP contribution in [-0.2, 0) is 4.79 Å². The summed E-state index contributed by atoms with van der Waals surface area (Å²) >= 11 is 0. The van der Waals surface area contributed by atoms with Gasteiger partial charge in [0.15, 0.2) is 11.5 Å². The third kappa shape index (κ3) is 7.46. The third-order valence-electron chi connectivity index (χ3n) is 5.47. The third-order valence-corrected chi connectivity index (χ3v) is 5.47. The summed E-state index contributed by atoms with van der Waals surface area (Å²) in [6, 6.07) is 13.1. The van der Waals surface area contributed by atoms with Crippen LogP contribution < -0.4 is 14.8 Å². The van der Waals surface area contributed by atoms with Crippen LogP contribution in [0.2, 0.25) is 0 Å². The first-order valence-corrected chi connectivity index (χ1v) is 11.3. The number of nitrogens with zero attached hydrogens (tertiary/aromatic N) is 1. The number of carbonyl (C=O) groups excluding carboxylic acids is 1. The van der Waals surface area contributed by atoms with Gasteiger partial charge in [0.05, 0.1) is 13.7 Å². The number of nitrogens with one attached hydrogen (secondary N) is 1. The molecule has 2 aromatic rings. The molecule has 0 fully saturated rings. The lowest BCUT2D eigenvalue weighted by Crippen LogP contribution is -2.14. The van der Waals surface area contributed by atoms with E-state index in [1.807, 2.05) is 50.2 Å². The molecule has 32 heavy (non-hydrogen) atoms. The summed E-state index contributed by atoms with van der Waals surface area (Å²) < 4.78 is 11.3. The molecule has 1 N–H and O–H groups in total. The first-order chi connectivity index (χ1) is 15.5. The zero-order valence-electron chi connectivity index (χ0n) is 19.7. The van der Waals surface area contributed by atoms with Crippen LogP contribution in [0.25, 0.3) is 6.08 Å². The minimum Gasteiger partial charge on any atom is -0.493 e. The molecule has 2 rings (SSSR count). The van der Waals surface area contributed by atoms with Crippen molar-refractivity contribution in [3.63, 3.8) is 0 Å². The van der Waals surface area contributed by atoms with Crippen molar-refractivity contribution in [1.29, 1.82) is 5.26 Å². The maximum absolute atomic E-state index is 12.6. The lowest BCUT2D eigenvalue weighted by molar-refractivity contribution is -0.112. The molecule has 0 heterocycles. The monoisotopic (exact) mass is 434 g/mol. The van der Waals surface area contributed by atoms with E-state index in [-0.39, 0.29) is 5.57 Å². The number of ether oxygens (including phenoxy) is 2. The van der Waals surface area contributed by atoms with Gasteiger partial charge in [-0.05, 0) is 61.2 Å². The second-order valence-electron chi connectivity index (χ2n) is 7.90. The van der Waals surface area contributed by atoms with Crippen LogP contribution in [0.4, 0.5) is 5.69 Å². The van der Waals surface area contributed by atoms with Gasteiger partial charge in [-0.2, -0.15) is 5.26 Å². The van der Waals surface area contributed by atoms with Crippen LogP contribution in [0.15, 0.2) is 42.0 Å². The van der Waals surface area contributed by atoms with Gasteiger partial charge in [0.25, 0.3) is 5.91 Å². The van der Waals surface area contributed by atoms with E-state index in [1.165, 1.54) is 25.7 Å². The van der Waals surface area contributed by atoms with E-state index in [4.69, 9.17) is 9.47 Å². The van der Waals surface area contributed by atoms with Crippen LogP contribution in [0.1, 0.15) is 62.1 Å².